The second-order valence-corrected chi connectivity index (χ2v) is 2.24. The molecule has 0 aliphatic heterocycles. The van der Waals surface area contributed by atoms with Crippen LogP contribution in [0.15, 0.2) is 18.2 Å². The number of halogens is 1. The molecule has 11 heavy (non-hydrogen) atoms. The van der Waals surface area contributed by atoms with E-state index in [0.717, 1.165) is 0 Å². The van der Waals surface area contributed by atoms with Crippen LogP contribution >= 0.6 is 0 Å². The van der Waals surface area contributed by atoms with Crippen LogP contribution in [0.1, 0.15) is 10.4 Å². The molecule has 1 aromatic carbocycles. The van der Waals surface area contributed by atoms with Crippen molar-refractivity contribution in [2.45, 2.75) is 0 Å². The molecule has 0 amide bonds. The van der Waals surface area contributed by atoms with Gasteiger partial charge in [-0.3, -0.25) is 0 Å². The summed E-state index contributed by atoms with van der Waals surface area (Å²) in [5.74, 6) is -1.88. The van der Waals surface area contributed by atoms with E-state index >= 15 is 0 Å². The van der Waals surface area contributed by atoms with Crippen molar-refractivity contribution in [2.75, 3.05) is 0 Å². The van der Waals surface area contributed by atoms with Crippen LogP contribution in [0, 0.1) is 5.82 Å². The fraction of sp³-hybridized carbons (Fsp3) is 0. The van der Waals surface area contributed by atoms with Gasteiger partial charge >= 0.3 is 5.97 Å². The Bertz CT molecular complexity index is 298. The van der Waals surface area contributed by atoms with Crippen LogP contribution in [0.2, 0.25) is 0 Å². The molecule has 0 bridgehead atoms. The molecule has 0 unspecified atom stereocenters. The maximum absolute atomic E-state index is 12.9. The molecule has 0 saturated carbocycles. The van der Waals surface area contributed by atoms with E-state index in [0.29, 0.717) is 5.46 Å². The fourth-order valence-corrected chi connectivity index (χ4v) is 0.813. The number of carboxylic acids is 1. The van der Waals surface area contributed by atoms with Gasteiger partial charge in [0.05, 0.1) is 5.56 Å². The molecule has 0 saturated heterocycles. The topological polar surface area (TPSA) is 37.3 Å². The first-order chi connectivity index (χ1) is 5.13. The highest BCUT2D eigenvalue weighted by atomic mass is 19.1. The second kappa shape index (κ2) is 2.74. The molecule has 0 aliphatic rings. The van der Waals surface area contributed by atoms with E-state index in [1.54, 1.807) is 0 Å². The van der Waals surface area contributed by atoms with Crippen LogP contribution in [0.5, 0.6) is 0 Å². The molecule has 1 aromatic rings. The Hall–Kier alpha value is -1.32. The van der Waals surface area contributed by atoms with Gasteiger partial charge in [-0.2, -0.15) is 0 Å². The van der Waals surface area contributed by atoms with Gasteiger partial charge in [0.25, 0.3) is 0 Å². The minimum Gasteiger partial charge on any atom is -0.478 e. The third-order valence-electron chi connectivity index (χ3n) is 1.42. The van der Waals surface area contributed by atoms with Crippen molar-refractivity contribution in [2.24, 2.45) is 0 Å². The zero-order chi connectivity index (χ0) is 8.43. The summed E-state index contributed by atoms with van der Waals surface area (Å²) in [7, 11) is 1.53. The molecule has 2 nitrogen and oxygen atoms in total. The maximum atomic E-state index is 12.9. The molecule has 56 valence electrons. The standard InChI is InChI=1S/C7H6BFO2/c8-5-3-1-2-4(6(5)9)7(10)11/h1-3H,8H2,(H,10,11). The van der Waals surface area contributed by atoms with E-state index in [2.05, 4.69) is 0 Å². The van der Waals surface area contributed by atoms with Gasteiger partial charge in [-0.1, -0.05) is 17.6 Å². The molecule has 1 rings (SSSR count). The van der Waals surface area contributed by atoms with Gasteiger partial charge in [0.1, 0.15) is 13.7 Å². The molecule has 0 radical (unpaired) electrons. The van der Waals surface area contributed by atoms with E-state index in [4.69, 9.17) is 5.11 Å². The monoisotopic (exact) mass is 152 g/mol. The van der Waals surface area contributed by atoms with Crippen LogP contribution in [0.25, 0.3) is 0 Å². The van der Waals surface area contributed by atoms with Crippen molar-refractivity contribution in [3.05, 3.63) is 29.6 Å². The van der Waals surface area contributed by atoms with Gasteiger partial charge < -0.3 is 5.11 Å². The van der Waals surface area contributed by atoms with E-state index in [1.165, 1.54) is 26.0 Å². The Morgan fingerprint density at radius 3 is 2.64 bits per heavy atom. The maximum Gasteiger partial charge on any atom is 0.338 e. The minimum absolute atomic E-state index is 0.273. The summed E-state index contributed by atoms with van der Waals surface area (Å²) in [5.41, 5.74) is 0.0786. The zero-order valence-corrected chi connectivity index (χ0v) is 5.97. The number of benzene rings is 1. The van der Waals surface area contributed by atoms with Crippen molar-refractivity contribution in [3.63, 3.8) is 0 Å². The van der Waals surface area contributed by atoms with E-state index in [1.807, 2.05) is 0 Å². The summed E-state index contributed by atoms with van der Waals surface area (Å²) < 4.78 is 12.9. The average Bonchev–Trinajstić information content (AvgIpc) is 1.94. The molecule has 0 aliphatic carbocycles. The van der Waals surface area contributed by atoms with Crippen LogP contribution in [-0.2, 0) is 0 Å². The largest absolute Gasteiger partial charge is 0.478 e. The van der Waals surface area contributed by atoms with Crippen molar-refractivity contribution in [3.8, 4) is 0 Å². The lowest BCUT2D eigenvalue weighted by Gasteiger charge is -1.98. The Balaban J connectivity index is 3.27. The lowest BCUT2D eigenvalue weighted by Crippen LogP contribution is -2.13. The van der Waals surface area contributed by atoms with Crippen molar-refractivity contribution >= 4 is 19.3 Å². The molecule has 0 spiro atoms. The van der Waals surface area contributed by atoms with Gasteiger partial charge in [-0.05, 0) is 6.07 Å². The predicted octanol–water partition coefficient (Wildman–Crippen LogP) is -0.218. The SMILES string of the molecule is Bc1cccc(C(=O)O)c1F. The Morgan fingerprint density at radius 1 is 1.55 bits per heavy atom. The number of carbonyl (C=O) groups is 1. The Morgan fingerprint density at radius 2 is 2.18 bits per heavy atom. The average molecular weight is 152 g/mol. The molecule has 4 heteroatoms. The van der Waals surface area contributed by atoms with Crippen molar-refractivity contribution < 1.29 is 14.3 Å². The third-order valence-corrected chi connectivity index (χ3v) is 1.42. The first kappa shape index (κ1) is 7.79. The van der Waals surface area contributed by atoms with Gasteiger partial charge in [0.15, 0.2) is 0 Å². The zero-order valence-electron chi connectivity index (χ0n) is 5.97. The summed E-state index contributed by atoms with van der Waals surface area (Å²) in [6.45, 7) is 0. The highest BCUT2D eigenvalue weighted by Gasteiger charge is 2.09. The molecular formula is C7H6BFO2. The molecular weight excluding hydrogens is 146 g/mol. The first-order valence-electron chi connectivity index (χ1n) is 3.11. The summed E-state index contributed by atoms with van der Waals surface area (Å²) in [4.78, 5) is 10.3. The van der Waals surface area contributed by atoms with E-state index in [-0.39, 0.29) is 5.56 Å². The summed E-state index contributed by atoms with van der Waals surface area (Å²) in [5, 5.41) is 8.45. The van der Waals surface area contributed by atoms with E-state index < -0.39 is 11.8 Å². The third kappa shape index (κ3) is 1.39. The number of rotatable bonds is 1. The number of carboxylic acid groups (broad SMARTS) is 1. The van der Waals surface area contributed by atoms with Crippen molar-refractivity contribution in [1.29, 1.82) is 0 Å². The molecule has 0 aromatic heterocycles. The first-order valence-corrected chi connectivity index (χ1v) is 3.11. The van der Waals surface area contributed by atoms with Crippen LogP contribution in [0.3, 0.4) is 0 Å². The minimum atomic E-state index is -1.23. The number of aromatic carboxylic acids is 1. The molecule has 1 N–H and O–H groups in total. The predicted molar refractivity (Wildman–Crippen MR) is 41.5 cm³/mol. The lowest BCUT2D eigenvalue weighted by molar-refractivity contribution is 0.0692. The summed E-state index contributed by atoms with van der Waals surface area (Å²) >= 11 is 0. The fourth-order valence-electron chi connectivity index (χ4n) is 0.813. The molecule has 0 fully saturated rings. The van der Waals surface area contributed by atoms with Gasteiger partial charge in [-0.15, -0.1) is 0 Å². The normalized spacial score (nSPS) is 9.55. The quantitative estimate of drug-likeness (QED) is 0.565. The smallest absolute Gasteiger partial charge is 0.338 e. The van der Waals surface area contributed by atoms with Crippen LogP contribution < -0.4 is 5.46 Å². The second-order valence-electron chi connectivity index (χ2n) is 2.24. The van der Waals surface area contributed by atoms with Crippen LogP contribution in [-0.4, -0.2) is 18.9 Å². The Labute approximate surface area is 64.1 Å². The molecule has 0 heterocycles. The summed E-state index contributed by atoms with van der Waals surface area (Å²) in [6, 6.07) is 4.29. The summed E-state index contributed by atoms with van der Waals surface area (Å²) in [6.07, 6.45) is 0. The highest BCUT2D eigenvalue weighted by molar-refractivity contribution is 6.32. The van der Waals surface area contributed by atoms with Crippen LogP contribution in [0.4, 0.5) is 4.39 Å². The van der Waals surface area contributed by atoms with E-state index in [9.17, 15) is 9.18 Å². The highest BCUT2D eigenvalue weighted by Crippen LogP contribution is 2.02. The molecule has 0 atom stereocenters. The van der Waals surface area contributed by atoms with Gasteiger partial charge in [-0.25, -0.2) is 9.18 Å². The Kier molecular flexibility index (Phi) is 1.94. The van der Waals surface area contributed by atoms with Gasteiger partial charge in [0.2, 0.25) is 0 Å². The van der Waals surface area contributed by atoms with Gasteiger partial charge in [0, 0.05) is 0 Å². The number of hydrogen-bond acceptors (Lipinski definition) is 1. The van der Waals surface area contributed by atoms with Crippen molar-refractivity contribution in [1.82, 2.24) is 0 Å². The number of hydrogen-bond donors (Lipinski definition) is 1. The lowest BCUT2D eigenvalue weighted by atomic mass is 9.93.